The van der Waals surface area contributed by atoms with Gasteiger partial charge in [-0.15, -0.1) is 0 Å². The number of ether oxygens (including phenoxy) is 3. The molecule has 0 aromatic rings. The standard InChI is InChI=1S/C8H20O8S/c9-1-2-13-3-4-14-5-6-15-7-8-16-17(10,11)12/h9,17H,1-8H2,(H2,10,11,12). The predicted octanol–water partition coefficient (Wildman–Crippen LogP) is -1.08. The number of hydrogen-bond donors (Lipinski definition) is 4. The van der Waals surface area contributed by atoms with Gasteiger partial charge in [-0.1, -0.05) is 0 Å². The molecule has 0 saturated carbocycles. The Morgan fingerprint density at radius 1 is 0.765 bits per heavy atom. The molecule has 0 unspecified atom stereocenters. The van der Waals surface area contributed by atoms with E-state index >= 15 is 0 Å². The van der Waals surface area contributed by atoms with Crippen LogP contribution in [-0.4, -0.2) is 71.3 Å². The van der Waals surface area contributed by atoms with E-state index < -0.39 is 10.8 Å². The monoisotopic (exact) mass is 276 g/mol. The van der Waals surface area contributed by atoms with Gasteiger partial charge in [-0.2, -0.15) is 0 Å². The minimum atomic E-state index is -4.39. The Bertz CT molecular complexity index is 206. The SMILES string of the molecule is O=[SH](O)(O)OCCOCCOCCOCCO. The average Bonchev–Trinajstić information content (AvgIpc) is 2.24. The summed E-state index contributed by atoms with van der Waals surface area (Å²) in [5.74, 6) is 0. The van der Waals surface area contributed by atoms with Crippen LogP contribution in [0.5, 0.6) is 0 Å². The molecule has 106 valence electrons. The third-order valence-electron chi connectivity index (χ3n) is 1.47. The van der Waals surface area contributed by atoms with E-state index in [0.29, 0.717) is 33.0 Å². The summed E-state index contributed by atoms with van der Waals surface area (Å²) in [4.78, 5) is 0. The second-order valence-corrected chi connectivity index (χ2v) is 4.12. The Labute approximate surface area is 101 Å². The molecule has 0 spiro atoms. The quantitative estimate of drug-likeness (QED) is 0.263. The Morgan fingerprint density at radius 3 is 1.59 bits per heavy atom. The van der Waals surface area contributed by atoms with E-state index in [4.69, 9.17) is 28.4 Å². The molecule has 0 aromatic heterocycles. The largest absolute Gasteiger partial charge is 0.394 e. The number of aliphatic hydroxyl groups is 1. The highest BCUT2D eigenvalue weighted by atomic mass is 32.3. The van der Waals surface area contributed by atoms with Crippen molar-refractivity contribution in [3.63, 3.8) is 0 Å². The predicted molar refractivity (Wildman–Crippen MR) is 60.3 cm³/mol. The first-order chi connectivity index (χ1) is 8.06. The molecule has 0 aromatic carbocycles. The first-order valence-corrected chi connectivity index (χ1v) is 6.63. The van der Waals surface area contributed by atoms with E-state index in [1.807, 2.05) is 0 Å². The van der Waals surface area contributed by atoms with Crippen LogP contribution in [0.25, 0.3) is 0 Å². The second-order valence-electron chi connectivity index (χ2n) is 2.88. The zero-order chi connectivity index (χ0) is 13.0. The highest BCUT2D eigenvalue weighted by Gasteiger charge is 2.01. The van der Waals surface area contributed by atoms with Crippen molar-refractivity contribution < 1.29 is 36.8 Å². The van der Waals surface area contributed by atoms with Crippen LogP contribution < -0.4 is 0 Å². The molecule has 9 heteroatoms. The van der Waals surface area contributed by atoms with Gasteiger partial charge in [-0.25, -0.2) is 4.21 Å². The summed E-state index contributed by atoms with van der Waals surface area (Å²) in [5, 5.41) is 8.39. The van der Waals surface area contributed by atoms with Crippen molar-refractivity contribution in [1.82, 2.24) is 0 Å². The fraction of sp³-hybridized carbons (Fsp3) is 1.00. The van der Waals surface area contributed by atoms with Gasteiger partial charge in [0.2, 0.25) is 0 Å². The Morgan fingerprint density at radius 2 is 1.18 bits per heavy atom. The molecule has 0 aliphatic heterocycles. The topological polar surface area (TPSA) is 115 Å². The minimum absolute atomic E-state index is 0.0112. The molecule has 0 aliphatic rings. The van der Waals surface area contributed by atoms with Crippen molar-refractivity contribution in [2.45, 2.75) is 0 Å². The molecule has 8 nitrogen and oxygen atoms in total. The number of thiol groups is 1. The van der Waals surface area contributed by atoms with Gasteiger partial charge in [0.25, 0.3) is 0 Å². The van der Waals surface area contributed by atoms with Gasteiger partial charge < -0.3 is 19.3 Å². The summed E-state index contributed by atoms with van der Waals surface area (Å²) in [6, 6.07) is 0. The summed E-state index contributed by atoms with van der Waals surface area (Å²) >= 11 is 0. The van der Waals surface area contributed by atoms with Gasteiger partial charge in [0.1, 0.15) is 0 Å². The molecule has 3 N–H and O–H groups in total. The van der Waals surface area contributed by atoms with Gasteiger partial charge >= 0.3 is 0 Å². The van der Waals surface area contributed by atoms with E-state index in [9.17, 15) is 4.21 Å². The highest BCUT2D eigenvalue weighted by Crippen LogP contribution is 1.93. The molecule has 0 heterocycles. The maximum absolute atomic E-state index is 10.3. The lowest BCUT2D eigenvalue weighted by Crippen LogP contribution is -2.17. The van der Waals surface area contributed by atoms with Crippen LogP contribution in [0.15, 0.2) is 0 Å². The van der Waals surface area contributed by atoms with Crippen molar-refractivity contribution in [3.8, 4) is 0 Å². The molecule has 0 amide bonds. The summed E-state index contributed by atoms with van der Waals surface area (Å²) < 4.78 is 46.1. The molecule has 0 atom stereocenters. The van der Waals surface area contributed by atoms with Crippen molar-refractivity contribution in [3.05, 3.63) is 0 Å². The average molecular weight is 276 g/mol. The smallest absolute Gasteiger partial charge is 0.179 e. The summed E-state index contributed by atoms with van der Waals surface area (Å²) in [5.41, 5.74) is 0. The summed E-state index contributed by atoms with van der Waals surface area (Å²) in [6.07, 6.45) is 0. The van der Waals surface area contributed by atoms with Crippen LogP contribution in [0.3, 0.4) is 0 Å². The van der Waals surface area contributed by atoms with Crippen molar-refractivity contribution in [2.75, 3.05) is 52.9 Å². The van der Waals surface area contributed by atoms with Gasteiger partial charge in [0.05, 0.1) is 52.9 Å². The lowest BCUT2D eigenvalue weighted by molar-refractivity contribution is 0.00293. The Hall–Kier alpha value is -0.130. The van der Waals surface area contributed by atoms with Gasteiger partial charge in [0, 0.05) is 0 Å². The van der Waals surface area contributed by atoms with Crippen LogP contribution in [-0.2, 0) is 29.2 Å². The van der Waals surface area contributed by atoms with Crippen molar-refractivity contribution in [2.24, 2.45) is 0 Å². The fourth-order valence-electron chi connectivity index (χ4n) is 0.822. The van der Waals surface area contributed by atoms with Gasteiger partial charge in [-0.05, 0) is 0 Å². The van der Waals surface area contributed by atoms with Crippen LogP contribution in [0.4, 0.5) is 0 Å². The van der Waals surface area contributed by atoms with E-state index in [1.165, 1.54) is 0 Å². The molecule has 17 heavy (non-hydrogen) atoms. The molecule has 0 bridgehead atoms. The third kappa shape index (κ3) is 15.9. The molecule has 0 fully saturated rings. The van der Waals surface area contributed by atoms with E-state index in [0.717, 1.165) is 0 Å². The van der Waals surface area contributed by atoms with Gasteiger partial charge in [-0.3, -0.25) is 13.3 Å². The van der Waals surface area contributed by atoms with Crippen LogP contribution in [0.2, 0.25) is 0 Å². The van der Waals surface area contributed by atoms with E-state index in [2.05, 4.69) is 4.18 Å². The third-order valence-corrected chi connectivity index (χ3v) is 1.99. The number of hydrogen-bond acceptors (Lipinski definition) is 6. The highest BCUT2D eigenvalue weighted by molar-refractivity contribution is 7.87. The maximum atomic E-state index is 10.3. The number of aliphatic hydroxyl groups excluding tert-OH is 1. The first kappa shape index (κ1) is 16.9. The lowest BCUT2D eigenvalue weighted by Gasteiger charge is -2.11. The molecular weight excluding hydrogens is 256 g/mol. The number of rotatable bonds is 12. The van der Waals surface area contributed by atoms with Crippen molar-refractivity contribution >= 4 is 10.8 Å². The second kappa shape index (κ2) is 11.0. The minimum Gasteiger partial charge on any atom is -0.394 e. The zero-order valence-corrected chi connectivity index (χ0v) is 10.4. The zero-order valence-electron chi connectivity index (χ0n) is 9.49. The maximum Gasteiger partial charge on any atom is 0.179 e. The molecule has 0 rings (SSSR count). The van der Waals surface area contributed by atoms with E-state index in [-0.39, 0.29) is 19.8 Å². The van der Waals surface area contributed by atoms with E-state index in [1.54, 1.807) is 0 Å². The summed E-state index contributed by atoms with van der Waals surface area (Å²) in [6.45, 7) is 1.69. The molecular formula is C8H20O8S. The molecule has 0 radical (unpaired) electrons. The Kier molecular flexibility index (Phi) is 10.9. The normalized spacial score (nSPS) is 12.9. The molecule has 0 saturated heterocycles. The molecule has 0 aliphatic carbocycles. The van der Waals surface area contributed by atoms with Crippen LogP contribution in [0, 0.1) is 0 Å². The fourth-order valence-corrected chi connectivity index (χ4v) is 1.13. The van der Waals surface area contributed by atoms with Crippen LogP contribution in [0.1, 0.15) is 0 Å². The summed E-state index contributed by atoms with van der Waals surface area (Å²) in [7, 11) is -4.39. The Balaban J connectivity index is 3.01. The first-order valence-electron chi connectivity index (χ1n) is 5.10. The van der Waals surface area contributed by atoms with Crippen LogP contribution >= 0.6 is 0 Å². The van der Waals surface area contributed by atoms with Crippen molar-refractivity contribution in [1.29, 1.82) is 0 Å². The lowest BCUT2D eigenvalue weighted by atomic mass is 10.7. The van der Waals surface area contributed by atoms with Gasteiger partial charge in [0.15, 0.2) is 10.8 Å².